The van der Waals surface area contributed by atoms with Crippen LogP contribution in [0.5, 0.6) is 0 Å². The zero-order chi connectivity index (χ0) is 7.40. The number of benzene rings is 1. The molecular formula is C8H10ClN. The lowest BCUT2D eigenvalue weighted by Gasteiger charge is -2.01. The van der Waals surface area contributed by atoms with Crippen LogP contribution in [0.25, 0.3) is 0 Å². The van der Waals surface area contributed by atoms with Crippen LogP contribution in [0.15, 0.2) is 24.3 Å². The highest BCUT2D eigenvalue weighted by Crippen LogP contribution is 2.05. The molecule has 54 valence electrons. The standard InChI is InChI=1S/C8H10ClN/c1-7-4-2-3-5-8(7)6-10-9/h2-5,10H,6H2,1H3. The molecule has 0 aliphatic carbocycles. The van der Waals surface area contributed by atoms with Crippen molar-refractivity contribution >= 4 is 11.8 Å². The topological polar surface area (TPSA) is 12.0 Å². The van der Waals surface area contributed by atoms with Gasteiger partial charge in [-0.25, -0.2) is 4.84 Å². The van der Waals surface area contributed by atoms with Gasteiger partial charge in [-0.3, -0.25) is 0 Å². The van der Waals surface area contributed by atoms with Crippen molar-refractivity contribution in [2.75, 3.05) is 0 Å². The minimum atomic E-state index is 0.730. The van der Waals surface area contributed by atoms with Crippen LogP contribution in [0.2, 0.25) is 0 Å². The highest BCUT2D eigenvalue weighted by atomic mass is 35.5. The Kier molecular flexibility index (Phi) is 2.72. The van der Waals surface area contributed by atoms with Crippen molar-refractivity contribution in [1.29, 1.82) is 0 Å². The van der Waals surface area contributed by atoms with E-state index >= 15 is 0 Å². The largest absolute Gasteiger partial charge is 0.229 e. The highest BCUT2D eigenvalue weighted by Gasteiger charge is 1.92. The predicted octanol–water partition coefficient (Wildman–Crippen LogP) is 2.24. The molecule has 0 saturated carbocycles. The Hall–Kier alpha value is -0.530. The second-order valence-corrected chi connectivity index (χ2v) is 2.50. The van der Waals surface area contributed by atoms with Gasteiger partial charge in [0.05, 0.1) is 0 Å². The molecule has 0 fully saturated rings. The SMILES string of the molecule is Cc1ccccc1CNCl. The molecule has 0 spiro atoms. The zero-order valence-electron chi connectivity index (χ0n) is 5.89. The van der Waals surface area contributed by atoms with Crippen LogP contribution >= 0.6 is 11.8 Å². The molecule has 0 unspecified atom stereocenters. The molecule has 1 aromatic carbocycles. The van der Waals surface area contributed by atoms with Gasteiger partial charge in [0.2, 0.25) is 0 Å². The summed E-state index contributed by atoms with van der Waals surface area (Å²) in [6.07, 6.45) is 0. The molecule has 0 amide bonds. The summed E-state index contributed by atoms with van der Waals surface area (Å²) in [5, 5.41) is 0. The number of hydrogen-bond donors (Lipinski definition) is 1. The number of nitrogens with one attached hydrogen (secondary N) is 1. The van der Waals surface area contributed by atoms with Crippen molar-refractivity contribution in [3.8, 4) is 0 Å². The maximum absolute atomic E-state index is 5.36. The third kappa shape index (κ3) is 1.72. The van der Waals surface area contributed by atoms with E-state index in [1.165, 1.54) is 11.1 Å². The van der Waals surface area contributed by atoms with Gasteiger partial charge in [0.1, 0.15) is 0 Å². The maximum atomic E-state index is 5.36. The summed E-state index contributed by atoms with van der Waals surface area (Å²) >= 11 is 5.36. The van der Waals surface area contributed by atoms with Gasteiger partial charge in [0.15, 0.2) is 0 Å². The average molecular weight is 156 g/mol. The minimum absolute atomic E-state index is 0.730. The third-order valence-corrected chi connectivity index (χ3v) is 1.65. The Bertz CT molecular complexity index is 210. The van der Waals surface area contributed by atoms with Crippen molar-refractivity contribution in [3.05, 3.63) is 35.4 Å². The molecule has 0 atom stereocenters. The van der Waals surface area contributed by atoms with E-state index in [2.05, 4.69) is 23.9 Å². The molecule has 1 N–H and O–H groups in total. The second-order valence-electron chi connectivity index (χ2n) is 2.24. The third-order valence-electron chi connectivity index (χ3n) is 1.52. The zero-order valence-corrected chi connectivity index (χ0v) is 6.65. The van der Waals surface area contributed by atoms with Gasteiger partial charge in [-0.1, -0.05) is 24.3 Å². The van der Waals surface area contributed by atoms with E-state index in [9.17, 15) is 0 Å². The number of halogens is 1. The summed E-state index contributed by atoms with van der Waals surface area (Å²) in [7, 11) is 0. The van der Waals surface area contributed by atoms with E-state index in [1.807, 2.05) is 12.1 Å². The Morgan fingerprint density at radius 3 is 2.70 bits per heavy atom. The average Bonchev–Trinajstić information content (AvgIpc) is 1.94. The van der Waals surface area contributed by atoms with E-state index in [0.29, 0.717) is 0 Å². The smallest absolute Gasteiger partial charge is 0.0361 e. The molecule has 0 saturated heterocycles. The quantitative estimate of drug-likeness (QED) is 0.646. The summed E-state index contributed by atoms with van der Waals surface area (Å²) in [4.78, 5) is 2.60. The van der Waals surface area contributed by atoms with E-state index in [4.69, 9.17) is 11.8 Å². The van der Waals surface area contributed by atoms with Crippen LogP contribution in [-0.4, -0.2) is 0 Å². The lowest BCUT2D eigenvalue weighted by Crippen LogP contribution is -1.99. The molecule has 1 rings (SSSR count). The first-order chi connectivity index (χ1) is 4.84. The van der Waals surface area contributed by atoms with Crippen molar-refractivity contribution < 1.29 is 0 Å². The molecule has 0 heterocycles. The molecule has 0 aliphatic heterocycles. The van der Waals surface area contributed by atoms with Crippen LogP contribution < -0.4 is 4.84 Å². The Morgan fingerprint density at radius 2 is 2.10 bits per heavy atom. The second kappa shape index (κ2) is 3.59. The first-order valence-electron chi connectivity index (χ1n) is 3.22. The van der Waals surface area contributed by atoms with Crippen LogP contribution in [0.1, 0.15) is 11.1 Å². The molecule has 1 aromatic rings. The van der Waals surface area contributed by atoms with Gasteiger partial charge >= 0.3 is 0 Å². The Morgan fingerprint density at radius 1 is 1.40 bits per heavy atom. The van der Waals surface area contributed by atoms with Crippen molar-refractivity contribution in [2.45, 2.75) is 13.5 Å². The van der Waals surface area contributed by atoms with Gasteiger partial charge in [0.25, 0.3) is 0 Å². The number of rotatable bonds is 2. The molecule has 10 heavy (non-hydrogen) atoms. The molecule has 2 heteroatoms. The first-order valence-corrected chi connectivity index (χ1v) is 3.60. The lowest BCUT2D eigenvalue weighted by molar-refractivity contribution is 0.951. The van der Waals surface area contributed by atoms with E-state index in [0.717, 1.165) is 6.54 Å². The molecule has 0 aliphatic rings. The predicted molar refractivity (Wildman–Crippen MR) is 43.9 cm³/mol. The fourth-order valence-corrected chi connectivity index (χ4v) is 1.02. The fourth-order valence-electron chi connectivity index (χ4n) is 0.880. The summed E-state index contributed by atoms with van der Waals surface area (Å²) in [6, 6.07) is 8.16. The van der Waals surface area contributed by atoms with E-state index in [1.54, 1.807) is 0 Å². The maximum Gasteiger partial charge on any atom is 0.0361 e. The van der Waals surface area contributed by atoms with E-state index in [-0.39, 0.29) is 0 Å². The van der Waals surface area contributed by atoms with Gasteiger partial charge < -0.3 is 0 Å². The molecular weight excluding hydrogens is 146 g/mol. The summed E-state index contributed by atoms with van der Waals surface area (Å²) in [5.41, 5.74) is 2.52. The van der Waals surface area contributed by atoms with Crippen molar-refractivity contribution in [2.24, 2.45) is 0 Å². The molecule has 0 bridgehead atoms. The van der Waals surface area contributed by atoms with Crippen LogP contribution in [0, 0.1) is 6.92 Å². The summed E-state index contributed by atoms with van der Waals surface area (Å²) < 4.78 is 0. The van der Waals surface area contributed by atoms with Crippen LogP contribution in [0.4, 0.5) is 0 Å². The van der Waals surface area contributed by atoms with E-state index < -0.39 is 0 Å². The van der Waals surface area contributed by atoms with Crippen LogP contribution in [-0.2, 0) is 6.54 Å². The summed E-state index contributed by atoms with van der Waals surface area (Å²) in [6.45, 7) is 2.80. The van der Waals surface area contributed by atoms with Gasteiger partial charge in [0, 0.05) is 6.54 Å². The molecule has 0 aromatic heterocycles. The fraction of sp³-hybridized carbons (Fsp3) is 0.250. The Labute approximate surface area is 66.1 Å². The molecule has 1 nitrogen and oxygen atoms in total. The summed E-state index contributed by atoms with van der Waals surface area (Å²) in [5.74, 6) is 0. The van der Waals surface area contributed by atoms with Crippen molar-refractivity contribution in [3.63, 3.8) is 0 Å². The Balaban J connectivity index is 2.81. The number of hydrogen-bond acceptors (Lipinski definition) is 1. The monoisotopic (exact) mass is 155 g/mol. The first kappa shape index (κ1) is 7.58. The van der Waals surface area contributed by atoms with Gasteiger partial charge in [-0.15, -0.1) is 0 Å². The van der Waals surface area contributed by atoms with Crippen LogP contribution in [0.3, 0.4) is 0 Å². The van der Waals surface area contributed by atoms with Crippen molar-refractivity contribution in [1.82, 2.24) is 4.84 Å². The van der Waals surface area contributed by atoms with Gasteiger partial charge in [-0.2, -0.15) is 0 Å². The van der Waals surface area contributed by atoms with Gasteiger partial charge in [-0.05, 0) is 29.8 Å². The highest BCUT2D eigenvalue weighted by molar-refractivity contribution is 6.13. The minimum Gasteiger partial charge on any atom is -0.229 e. The lowest BCUT2D eigenvalue weighted by atomic mass is 10.1. The normalized spacial score (nSPS) is 9.80. The number of aryl methyl sites for hydroxylation is 1. The molecule has 0 radical (unpaired) electrons.